The summed E-state index contributed by atoms with van der Waals surface area (Å²) in [6.07, 6.45) is 0. The summed E-state index contributed by atoms with van der Waals surface area (Å²) in [4.78, 5) is 23.2. The molecule has 0 unspecified atom stereocenters. The number of carbonyl (C=O) groups excluding carboxylic acids is 1. The zero-order valence-corrected chi connectivity index (χ0v) is 16.8. The van der Waals surface area contributed by atoms with Crippen LogP contribution in [0.3, 0.4) is 0 Å². The second kappa shape index (κ2) is 8.41. The molecule has 0 radical (unpaired) electrons. The van der Waals surface area contributed by atoms with E-state index in [1.807, 2.05) is 37.4 Å². The molecule has 6 nitrogen and oxygen atoms in total. The maximum Gasteiger partial charge on any atom is 0.271 e. The van der Waals surface area contributed by atoms with Gasteiger partial charge in [0.2, 0.25) is 0 Å². The van der Waals surface area contributed by atoms with Gasteiger partial charge >= 0.3 is 0 Å². The summed E-state index contributed by atoms with van der Waals surface area (Å²) in [7, 11) is 0. The van der Waals surface area contributed by atoms with Gasteiger partial charge in [0.1, 0.15) is 12.4 Å². The minimum absolute atomic E-state index is 0.109. The second-order valence-electron chi connectivity index (χ2n) is 6.25. The van der Waals surface area contributed by atoms with Crippen LogP contribution >= 0.6 is 22.9 Å². The summed E-state index contributed by atoms with van der Waals surface area (Å²) >= 11 is 7.31. The molecule has 1 heterocycles. The fourth-order valence-electron chi connectivity index (χ4n) is 2.50. The van der Waals surface area contributed by atoms with Gasteiger partial charge < -0.3 is 10.1 Å². The summed E-state index contributed by atoms with van der Waals surface area (Å²) in [6.45, 7) is 4.34. The van der Waals surface area contributed by atoms with Crippen LogP contribution < -0.4 is 10.1 Å². The first kappa shape index (κ1) is 19.9. The Hall–Kier alpha value is -2.90. The van der Waals surface area contributed by atoms with Gasteiger partial charge in [-0.25, -0.2) is 0 Å². The molecule has 28 heavy (non-hydrogen) atoms. The number of hydrogen-bond acceptors (Lipinski definition) is 5. The molecule has 0 saturated carbocycles. The highest BCUT2D eigenvalue weighted by Gasteiger charge is 2.14. The molecular formula is C20H17ClN2O4S. The lowest BCUT2D eigenvalue weighted by Gasteiger charge is -2.09. The van der Waals surface area contributed by atoms with Crippen LogP contribution in [0.15, 0.2) is 47.8 Å². The largest absolute Gasteiger partial charge is 0.489 e. The predicted octanol–water partition coefficient (Wildman–Crippen LogP) is 5.76. The van der Waals surface area contributed by atoms with Crippen LogP contribution in [-0.2, 0) is 6.61 Å². The number of aryl methyl sites for hydroxylation is 2. The fraction of sp³-hybridized carbons (Fsp3) is 0.150. The number of nitrogens with zero attached hydrogens (tertiary/aromatic N) is 1. The van der Waals surface area contributed by atoms with Crippen molar-refractivity contribution < 1.29 is 14.5 Å². The number of anilines is 1. The minimum atomic E-state index is -0.543. The smallest absolute Gasteiger partial charge is 0.271 e. The number of nitro benzene ring substituents is 1. The van der Waals surface area contributed by atoms with Crippen LogP contribution in [-0.4, -0.2) is 10.8 Å². The molecular weight excluding hydrogens is 400 g/mol. The van der Waals surface area contributed by atoms with E-state index in [-0.39, 0.29) is 16.6 Å². The van der Waals surface area contributed by atoms with E-state index in [0.29, 0.717) is 17.2 Å². The topological polar surface area (TPSA) is 81.5 Å². The number of nitrogens with one attached hydrogen (secondary N) is 1. The maximum absolute atomic E-state index is 12.4. The lowest BCUT2D eigenvalue weighted by molar-refractivity contribution is -0.384. The quantitative estimate of drug-likeness (QED) is 0.409. The number of amides is 1. The molecule has 1 aromatic heterocycles. The lowest BCUT2D eigenvalue weighted by atomic mass is 10.1. The van der Waals surface area contributed by atoms with Gasteiger partial charge in [0.25, 0.3) is 11.6 Å². The molecule has 0 saturated heterocycles. The molecule has 1 N–H and O–H groups in total. The molecule has 0 aliphatic heterocycles. The monoisotopic (exact) mass is 416 g/mol. The fourth-order valence-corrected chi connectivity index (χ4v) is 3.51. The standard InChI is InChI=1S/C20H17ClN2O4S/c1-12-3-4-13(2)18(7-12)27-10-14-8-19(28-11-14)20(24)22-17-6-5-15(23(25)26)9-16(17)21/h3-9,11H,10H2,1-2H3,(H,22,24). The second-order valence-corrected chi connectivity index (χ2v) is 7.57. The first-order valence-corrected chi connectivity index (χ1v) is 9.62. The van der Waals surface area contributed by atoms with Crippen LogP contribution in [0.4, 0.5) is 11.4 Å². The van der Waals surface area contributed by atoms with E-state index in [1.54, 1.807) is 6.07 Å². The molecule has 144 valence electrons. The van der Waals surface area contributed by atoms with E-state index in [0.717, 1.165) is 22.4 Å². The third-order valence-electron chi connectivity index (χ3n) is 4.03. The molecule has 8 heteroatoms. The zero-order chi connectivity index (χ0) is 20.3. The molecule has 2 aromatic carbocycles. The average Bonchev–Trinajstić information content (AvgIpc) is 3.13. The molecule has 0 aliphatic carbocycles. The molecule has 0 aliphatic rings. The van der Waals surface area contributed by atoms with Crippen LogP contribution in [0.2, 0.25) is 5.02 Å². The lowest BCUT2D eigenvalue weighted by Crippen LogP contribution is -2.10. The van der Waals surface area contributed by atoms with Gasteiger partial charge in [0.15, 0.2) is 0 Å². The van der Waals surface area contributed by atoms with Crippen LogP contribution in [0.5, 0.6) is 5.75 Å². The summed E-state index contributed by atoms with van der Waals surface area (Å²) in [5, 5.41) is 15.4. The Morgan fingerprint density at radius 2 is 2.00 bits per heavy atom. The van der Waals surface area contributed by atoms with E-state index < -0.39 is 4.92 Å². The van der Waals surface area contributed by atoms with Crippen molar-refractivity contribution in [2.45, 2.75) is 20.5 Å². The van der Waals surface area contributed by atoms with Gasteiger partial charge in [-0.15, -0.1) is 11.3 Å². The zero-order valence-electron chi connectivity index (χ0n) is 15.2. The van der Waals surface area contributed by atoms with E-state index >= 15 is 0 Å². The van der Waals surface area contributed by atoms with Crippen LogP contribution in [0.1, 0.15) is 26.4 Å². The Morgan fingerprint density at radius 3 is 2.71 bits per heavy atom. The number of carbonyl (C=O) groups is 1. The molecule has 3 rings (SSSR count). The van der Waals surface area contributed by atoms with Crippen molar-refractivity contribution in [3.05, 3.63) is 84.5 Å². The molecule has 0 spiro atoms. The Kier molecular flexibility index (Phi) is 5.96. The maximum atomic E-state index is 12.4. The van der Waals surface area contributed by atoms with E-state index in [4.69, 9.17) is 16.3 Å². The summed E-state index contributed by atoms with van der Waals surface area (Å²) in [6, 6.07) is 11.7. The Morgan fingerprint density at radius 1 is 1.21 bits per heavy atom. The van der Waals surface area contributed by atoms with Crippen LogP contribution in [0.25, 0.3) is 0 Å². The number of ether oxygens (including phenoxy) is 1. The SMILES string of the molecule is Cc1ccc(C)c(OCc2csc(C(=O)Nc3ccc([N+](=O)[O-])cc3Cl)c2)c1. The van der Waals surface area contributed by atoms with Crippen molar-refractivity contribution in [3.8, 4) is 5.75 Å². The number of rotatable bonds is 6. The first-order valence-electron chi connectivity index (χ1n) is 8.36. The van der Waals surface area contributed by atoms with E-state index in [1.165, 1.54) is 29.5 Å². The third kappa shape index (κ3) is 4.68. The third-order valence-corrected chi connectivity index (χ3v) is 5.32. The summed E-state index contributed by atoms with van der Waals surface area (Å²) in [5.74, 6) is 0.480. The minimum Gasteiger partial charge on any atom is -0.489 e. The summed E-state index contributed by atoms with van der Waals surface area (Å²) in [5.41, 5.74) is 3.23. The molecule has 3 aromatic rings. The number of halogens is 1. The van der Waals surface area contributed by atoms with Gasteiger partial charge in [-0.1, -0.05) is 23.7 Å². The van der Waals surface area contributed by atoms with E-state index in [9.17, 15) is 14.9 Å². The highest BCUT2D eigenvalue weighted by molar-refractivity contribution is 7.12. The van der Waals surface area contributed by atoms with Gasteiger partial charge in [0, 0.05) is 17.7 Å². The number of thiophene rings is 1. The van der Waals surface area contributed by atoms with Gasteiger partial charge in [0.05, 0.1) is 20.5 Å². The Labute approximate surface area is 170 Å². The molecule has 0 atom stereocenters. The number of nitro groups is 1. The van der Waals surface area contributed by atoms with Crippen molar-refractivity contribution in [1.82, 2.24) is 0 Å². The Bertz CT molecular complexity index is 1050. The Balaban J connectivity index is 1.65. The molecule has 0 fully saturated rings. The normalized spacial score (nSPS) is 10.5. The van der Waals surface area contributed by atoms with Crippen molar-refractivity contribution in [1.29, 1.82) is 0 Å². The highest BCUT2D eigenvalue weighted by Crippen LogP contribution is 2.28. The van der Waals surface area contributed by atoms with E-state index in [2.05, 4.69) is 5.32 Å². The predicted molar refractivity (Wildman–Crippen MR) is 111 cm³/mol. The molecule has 0 bridgehead atoms. The number of hydrogen-bond donors (Lipinski definition) is 1. The number of non-ortho nitro benzene ring substituents is 1. The highest BCUT2D eigenvalue weighted by atomic mass is 35.5. The van der Waals surface area contributed by atoms with Gasteiger partial charge in [-0.05, 0) is 48.6 Å². The van der Waals surface area contributed by atoms with Crippen molar-refractivity contribution >= 4 is 40.2 Å². The van der Waals surface area contributed by atoms with Crippen molar-refractivity contribution in [3.63, 3.8) is 0 Å². The van der Waals surface area contributed by atoms with Crippen molar-refractivity contribution in [2.75, 3.05) is 5.32 Å². The summed E-state index contributed by atoms with van der Waals surface area (Å²) < 4.78 is 5.86. The van der Waals surface area contributed by atoms with Crippen LogP contribution in [0, 0.1) is 24.0 Å². The average molecular weight is 417 g/mol. The van der Waals surface area contributed by atoms with Gasteiger partial charge in [-0.3, -0.25) is 14.9 Å². The number of benzene rings is 2. The van der Waals surface area contributed by atoms with Gasteiger partial charge in [-0.2, -0.15) is 0 Å². The van der Waals surface area contributed by atoms with Crippen molar-refractivity contribution in [2.24, 2.45) is 0 Å². The first-order chi connectivity index (χ1) is 13.3. The molecule has 1 amide bonds.